The van der Waals surface area contributed by atoms with E-state index < -0.39 is 12.8 Å². The monoisotopic (exact) mass is 329 g/mol. The Morgan fingerprint density at radius 2 is 2.13 bits per heavy atom. The number of aromatic nitrogens is 1. The molecule has 2 fully saturated rings. The molecule has 0 aromatic carbocycles. The third-order valence-electron chi connectivity index (χ3n) is 4.47. The first kappa shape index (κ1) is 15.9. The maximum atomic E-state index is 12.9. The number of amides is 2. The summed E-state index contributed by atoms with van der Waals surface area (Å²) in [6.45, 7) is -2.76. The first-order valence-corrected chi connectivity index (χ1v) is 7.52. The van der Waals surface area contributed by atoms with E-state index in [1.807, 2.05) is 0 Å². The van der Waals surface area contributed by atoms with Crippen molar-refractivity contribution in [2.75, 3.05) is 0 Å². The molecule has 5 nitrogen and oxygen atoms in total. The number of hydrogen-bond donors (Lipinski definition) is 2. The van der Waals surface area contributed by atoms with Gasteiger partial charge in [0.05, 0.1) is 0 Å². The van der Waals surface area contributed by atoms with Gasteiger partial charge in [0.1, 0.15) is 6.17 Å². The van der Waals surface area contributed by atoms with Crippen LogP contribution in [0.25, 0.3) is 0 Å². The van der Waals surface area contributed by atoms with Gasteiger partial charge in [-0.15, -0.1) is 0 Å². The lowest BCUT2D eigenvalue weighted by Crippen LogP contribution is -2.58. The van der Waals surface area contributed by atoms with E-state index in [0.717, 1.165) is 12.8 Å². The minimum Gasteiger partial charge on any atom is -0.417 e. The van der Waals surface area contributed by atoms with Crippen LogP contribution in [-0.4, -0.2) is 29.8 Å². The maximum absolute atomic E-state index is 12.9. The summed E-state index contributed by atoms with van der Waals surface area (Å²) in [5, 5.41) is 5.49. The van der Waals surface area contributed by atoms with Crippen LogP contribution in [0.5, 0.6) is 5.88 Å². The summed E-state index contributed by atoms with van der Waals surface area (Å²) < 4.78 is 41.3. The van der Waals surface area contributed by atoms with Gasteiger partial charge < -0.3 is 15.4 Å². The van der Waals surface area contributed by atoms with Gasteiger partial charge in [0.2, 0.25) is 5.88 Å². The van der Waals surface area contributed by atoms with Crippen LogP contribution in [-0.2, 0) is 6.54 Å². The minimum atomic E-state index is -2.93. The molecule has 1 aromatic heterocycles. The quantitative estimate of drug-likeness (QED) is 0.873. The molecule has 0 radical (unpaired) electrons. The predicted octanol–water partition coefficient (Wildman–Crippen LogP) is 2.76. The van der Waals surface area contributed by atoms with Crippen molar-refractivity contribution in [3.8, 4) is 5.88 Å². The SMILES string of the molecule is O=C(NCc1ccnc(OC(F)F)c1)NC1CC2(CC(F)C2)C1. The Morgan fingerprint density at radius 1 is 1.39 bits per heavy atom. The molecule has 0 aliphatic heterocycles. The number of alkyl halides is 3. The molecule has 23 heavy (non-hydrogen) atoms. The van der Waals surface area contributed by atoms with E-state index in [1.165, 1.54) is 12.3 Å². The zero-order valence-corrected chi connectivity index (χ0v) is 12.4. The lowest BCUT2D eigenvalue weighted by atomic mass is 9.53. The van der Waals surface area contributed by atoms with Crippen LogP contribution < -0.4 is 15.4 Å². The number of hydrogen-bond acceptors (Lipinski definition) is 3. The maximum Gasteiger partial charge on any atom is 0.388 e. The van der Waals surface area contributed by atoms with E-state index >= 15 is 0 Å². The third-order valence-corrected chi connectivity index (χ3v) is 4.47. The average Bonchev–Trinajstić information content (AvgIpc) is 2.41. The Morgan fingerprint density at radius 3 is 2.78 bits per heavy atom. The highest BCUT2D eigenvalue weighted by atomic mass is 19.3. The Balaban J connectivity index is 1.39. The molecule has 0 bridgehead atoms. The first-order chi connectivity index (χ1) is 10.9. The molecule has 0 unspecified atom stereocenters. The molecule has 2 N–H and O–H groups in total. The van der Waals surface area contributed by atoms with Gasteiger partial charge in [0, 0.05) is 24.8 Å². The van der Waals surface area contributed by atoms with E-state index in [9.17, 15) is 18.0 Å². The molecule has 2 aliphatic carbocycles. The van der Waals surface area contributed by atoms with Crippen LogP contribution >= 0.6 is 0 Å². The molecule has 1 heterocycles. The van der Waals surface area contributed by atoms with Crippen molar-refractivity contribution in [3.63, 3.8) is 0 Å². The standard InChI is InChI=1S/C15H18F3N3O2/c16-10-4-15(5-10)6-11(7-15)21-14(22)20-8-9-1-2-19-12(3-9)23-13(17)18/h1-3,10-11,13H,4-8H2,(H2,20,21,22). The number of nitrogens with zero attached hydrogens (tertiary/aromatic N) is 1. The van der Waals surface area contributed by atoms with Crippen molar-refractivity contribution < 1.29 is 22.7 Å². The second-order valence-electron chi connectivity index (χ2n) is 6.32. The third kappa shape index (κ3) is 3.86. The molecular weight excluding hydrogens is 311 g/mol. The Kier molecular flexibility index (Phi) is 4.32. The number of rotatable bonds is 5. The molecule has 0 atom stereocenters. The lowest BCUT2D eigenvalue weighted by molar-refractivity contribution is -0.0589. The van der Waals surface area contributed by atoms with E-state index in [-0.39, 0.29) is 29.9 Å². The van der Waals surface area contributed by atoms with Crippen molar-refractivity contribution in [2.45, 2.75) is 51.1 Å². The number of ether oxygens (including phenoxy) is 1. The molecule has 2 amide bonds. The van der Waals surface area contributed by atoms with Crippen molar-refractivity contribution >= 4 is 6.03 Å². The van der Waals surface area contributed by atoms with Crippen LogP contribution in [0.4, 0.5) is 18.0 Å². The largest absolute Gasteiger partial charge is 0.417 e. The van der Waals surface area contributed by atoms with Gasteiger partial charge in [-0.05, 0) is 42.7 Å². The van der Waals surface area contributed by atoms with Gasteiger partial charge in [0.15, 0.2) is 0 Å². The zero-order chi connectivity index (χ0) is 16.4. The number of carbonyl (C=O) groups excluding carboxylic acids is 1. The summed E-state index contributed by atoms with van der Waals surface area (Å²) in [7, 11) is 0. The van der Waals surface area contributed by atoms with E-state index in [4.69, 9.17) is 0 Å². The summed E-state index contributed by atoms with van der Waals surface area (Å²) in [4.78, 5) is 15.5. The second kappa shape index (κ2) is 6.25. The first-order valence-electron chi connectivity index (χ1n) is 7.52. The number of pyridine rings is 1. The summed E-state index contributed by atoms with van der Waals surface area (Å²) in [5.41, 5.74) is 0.722. The zero-order valence-electron chi connectivity index (χ0n) is 12.4. The summed E-state index contributed by atoms with van der Waals surface area (Å²) in [5.74, 6) is -0.189. The Hall–Kier alpha value is -1.99. The smallest absolute Gasteiger partial charge is 0.388 e. The van der Waals surface area contributed by atoms with Crippen molar-refractivity contribution in [3.05, 3.63) is 23.9 Å². The fourth-order valence-electron chi connectivity index (χ4n) is 3.44. The Labute approximate surface area is 131 Å². The van der Waals surface area contributed by atoms with Crippen molar-refractivity contribution in [2.24, 2.45) is 5.41 Å². The van der Waals surface area contributed by atoms with Crippen LogP contribution in [0, 0.1) is 5.41 Å². The van der Waals surface area contributed by atoms with E-state index in [0.29, 0.717) is 18.4 Å². The molecule has 1 spiro atoms. The van der Waals surface area contributed by atoms with Gasteiger partial charge in [-0.1, -0.05) is 0 Å². The average molecular weight is 329 g/mol. The van der Waals surface area contributed by atoms with Gasteiger partial charge in [-0.2, -0.15) is 8.78 Å². The molecule has 3 rings (SSSR count). The van der Waals surface area contributed by atoms with E-state index in [1.54, 1.807) is 6.07 Å². The summed E-state index contributed by atoms with van der Waals surface area (Å²) >= 11 is 0. The molecule has 8 heteroatoms. The van der Waals surface area contributed by atoms with Crippen LogP contribution in [0.15, 0.2) is 18.3 Å². The van der Waals surface area contributed by atoms with Gasteiger partial charge >= 0.3 is 12.6 Å². The minimum absolute atomic E-state index is 0.0812. The fraction of sp³-hybridized carbons (Fsp3) is 0.600. The molecule has 2 saturated carbocycles. The Bertz CT molecular complexity index is 571. The van der Waals surface area contributed by atoms with Crippen LogP contribution in [0.1, 0.15) is 31.2 Å². The molecular formula is C15H18F3N3O2. The van der Waals surface area contributed by atoms with Crippen LogP contribution in [0.3, 0.4) is 0 Å². The number of halogens is 3. The fourth-order valence-corrected chi connectivity index (χ4v) is 3.44. The summed E-state index contributed by atoms with van der Waals surface area (Å²) in [6, 6.07) is 2.71. The molecule has 126 valence electrons. The van der Waals surface area contributed by atoms with Gasteiger partial charge in [0.25, 0.3) is 0 Å². The van der Waals surface area contributed by atoms with Crippen molar-refractivity contribution in [1.82, 2.24) is 15.6 Å². The van der Waals surface area contributed by atoms with Crippen LogP contribution in [0.2, 0.25) is 0 Å². The highest BCUT2D eigenvalue weighted by Crippen LogP contribution is 2.56. The number of carbonyl (C=O) groups is 1. The predicted molar refractivity (Wildman–Crippen MR) is 75.8 cm³/mol. The molecule has 0 saturated heterocycles. The second-order valence-corrected chi connectivity index (χ2v) is 6.32. The number of nitrogens with one attached hydrogen (secondary N) is 2. The topological polar surface area (TPSA) is 63.2 Å². The summed E-state index contributed by atoms with van der Waals surface area (Å²) in [6.07, 6.45) is 3.52. The highest BCUT2D eigenvalue weighted by molar-refractivity contribution is 5.74. The molecule has 2 aliphatic rings. The highest BCUT2D eigenvalue weighted by Gasteiger charge is 2.53. The normalized spacial score (nSPS) is 28.9. The van der Waals surface area contributed by atoms with Gasteiger partial charge in [-0.3, -0.25) is 0 Å². The number of urea groups is 1. The van der Waals surface area contributed by atoms with Crippen molar-refractivity contribution in [1.29, 1.82) is 0 Å². The van der Waals surface area contributed by atoms with Gasteiger partial charge in [-0.25, -0.2) is 14.2 Å². The molecule has 1 aromatic rings. The van der Waals surface area contributed by atoms with E-state index in [2.05, 4.69) is 20.4 Å². The lowest BCUT2D eigenvalue weighted by Gasteiger charge is -2.55.